The maximum atomic E-state index is 12.4. The Morgan fingerprint density at radius 2 is 2.05 bits per heavy atom. The molecule has 5 nitrogen and oxygen atoms in total. The first-order valence-corrected chi connectivity index (χ1v) is 7.60. The van der Waals surface area contributed by atoms with Crippen molar-refractivity contribution < 1.29 is 19.4 Å². The Hall–Kier alpha value is -1.88. The van der Waals surface area contributed by atoms with Gasteiger partial charge in [-0.05, 0) is 49.3 Å². The van der Waals surface area contributed by atoms with Crippen molar-refractivity contribution in [2.24, 2.45) is 5.92 Å². The molecule has 0 heterocycles. The highest BCUT2D eigenvalue weighted by atomic mass is 16.5. The van der Waals surface area contributed by atoms with Gasteiger partial charge >= 0.3 is 5.97 Å². The van der Waals surface area contributed by atoms with E-state index in [0.717, 1.165) is 18.4 Å². The lowest BCUT2D eigenvalue weighted by atomic mass is 9.77. The molecule has 1 fully saturated rings. The molecule has 22 heavy (non-hydrogen) atoms. The summed E-state index contributed by atoms with van der Waals surface area (Å²) < 4.78 is 5.06. The van der Waals surface area contributed by atoms with Crippen molar-refractivity contribution in [2.75, 3.05) is 7.11 Å². The summed E-state index contributed by atoms with van der Waals surface area (Å²) in [5.41, 5.74) is 0.214. The molecule has 0 saturated heterocycles. The molecule has 1 saturated carbocycles. The van der Waals surface area contributed by atoms with Gasteiger partial charge in [-0.1, -0.05) is 19.1 Å². The van der Waals surface area contributed by atoms with Crippen molar-refractivity contribution in [2.45, 2.75) is 44.8 Å². The van der Waals surface area contributed by atoms with Gasteiger partial charge in [0.15, 0.2) is 0 Å². The lowest BCUT2D eigenvalue weighted by Crippen LogP contribution is -2.56. The smallest absolute Gasteiger partial charge is 0.329 e. The second kappa shape index (κ2) is 6.92. The largest absolute Gasteiger partial charge is 0.480 e. The SMILES string of the molecule is COCc1cccc(C(=O)NC2(C(=O)O)CCC(C)CC2)c1. The fraction of sp³-hybridized carbons (Fsp3) is 0.529. The minimum Gasteiger partial charge on any atom is -0.480 e. The summed E-state index contributed by atoms with van der Waals surface area (Å²) in [6, 6.07) is 7.07. The van der Waals surface area contributed by atoms with E-state index in [-0.39, 0.29) is 5.91 Å². The van der Waals surface area contributed by atoms with Gasteiger partial charge in [0.2, 0.25) is 0 Å². The van der Waals surface area contributed by atoms with Crippen LogP contribution < -0.4 is 5.32 Å². The summed E-state index contributed by atoms with van der Waals surface area (Å²) >= 11 is 0. The molecule has 1 amide bonds. The number of hydrogen-bond acceptors (Lipinski definition) is 3. The second-order valence-corrected chi connectivity index (χ2v) is 6.16. The Balaban J connectivity index is 2.15. The van der Waals surface area contributed by atoms with Gasteiger partial charge in [-0.2, -0.15) is 0 Å². The van der Waals surface area contributed by atoms with Gasteiger partial charge in [0, 0.05) is 12.7 Å². The maximum Gasteiger partial charge on any atom is 0.329 e. The van der Waals surface area contributed by atoms with E-state index in [1.54, 1.807) is 25.3 Å². The minimum atomic E-state index is -1.14. The monoisotopic (exact) mass is 305 g/mol. The highest BCUT2D eigenvalue weighted by molar-refractivity contribution is 5.98. The fourth-order valence-electron chi connectivity index (χ4n) is 2.91. The highest BCUT2D eigenvalue weighted by Gasteiger charge is 2.42. The van der Waals surface area contributed by atoms with E-state index in [1.807, 2.05) is 6.07 Å². The molecule has 0 atom stereocenters. The number of carboxylic acids is 1. The summed E-state index contributed by atoms with van der Waals surface area (Å²) in [6.07, 6.45) is 2.59. The maximum absolute atomic E-state index is 12.4. The number of carboxylic acid groups (broad SMARTS) is 1. The molecular formula is C17H23NO4. The molecule has 0 aliphatic heterocycles. The van der Waals surface area contributed by atoms with Crippen LogP contribution in [0.4, 0.5) is 0 Å². The number of benzene rings is 1. The van der Waals surface area contributed by atoms with Crippen LogP contribution in [-0.4, -0.2) is 29.6 Å². The van der Waals surface area contributed by atoms with E-state index in [9.17, 15) is 14.7 Å². The zero-order valence-electron chi connectivity index (χ0n) is 13.1. The number of hydrogen-bond donors (Lipinski definition) is 2. The van der Waals surface area contributed by atoms with Gasteiger partial charge in [0.25, 0.3) is 5.91 Å². The summed E-state index contributed by atoms with van der Waals surface area (Å²) in [5, 5.41) is 12.3. The number of rotatable bonds is 5. The van der Waals surface area contributed by atoms with Gasteiger partial charge in [0.1, 0.15) is 5.54 Å². The van der Waals surface area contributed by atoms with Crippen LogP contribution in [0, 0.1) is 5.92 Å². The van der Waals surface area contributed by atoms with Gasteiger partial charge in [-0.3, -0.25) is 4.79 Å². The number of carbonyl (C=O) groups is 2. The Labute approximate surface area is 130 Å². The summed E-state index contributed by atoms with van der Waals surface area (Å²) in [6.45, 7) is 2.53. The molecule has 0 unspecified atom stereocenters. The van der Waals surface area contributed by atoms with Crippen LogP contribution in [0.5, 0.6) is 0 Å². The Kier molecular flexibility index (Phi) is 5.19. The quantitative estimate of drug-likeness (QED) is 0.876. The molecule has 2 rings (SSSR count). The van der Waals surface area contributed by atoms with Crippen LogP contribution in [0.15, 0.2) is 24.3 Å². The van der Waals surface area contributed by atoms with Crippen LogP contribution in [0.3, 0.4) is 0 Å². The number of nitrogens with one attached hydrogen (secondary N) is 1. The Morgan fingerprint density at radius 1 is 1.36 bits per heavy atom. The fourth-order valence-corrected chi connectivity index (χ4v) is 2.91. The van der Waals surface area contributed by atoms with Crippen molar-refractivity contribution in [1.82, 2.24) is 5.32 Å². The third-order valence-corrected chi connectivity index (χ3v) is 4.39. The van der Waals surface area contributed by atoms with Crippen LogP contribution in [-0.2, 0) is 16.1 Å². The molecule has 5 heteroatoms. The first-order valence-electron chi connectivity index (χ1n) is 7.60. The third kappa shape index (κ3) is 3.65. The number of carbonyl (C=O) groups excluding carboxylic acids is 1. The Morgan fingerprint density at radius 3 is 2.64 bits per heavy atom. The zero-order chi connectivity index (χ0) is 16.2. The number of aliphatic carboxylic acids is 1. The average Bonchev–Trinajstić information content (AvgIpc) is 2.50. The van der Waals surface area contributed by atoms with Crippen LogP contribution in [0.1, 0.15) is 48.5 Å². The van der Waals surface area contributed by atoms with E-state index in [4.69, 9.17) is 4.74 Å². The predicted molar refractivity (Wildman–Crippen MR) is 82.6 cm³/mol. The van der Waals surface area contributed by atoms with E-state index in [2.05, 4.69) is 12.2 Å². The Bertz CT molecular complexity index is 547. The van der Waals surface area contributed by atoms with Crippen molar-refractivity contribution in [3.8, 4) is 0 Å². The zero-order valence-corrected chi connectivity index (χ0v) is 13.1. The normalized spacial score (nSPS) is 24.7. The van der Waals surface area contributed by atoms with E-state index >= 15 is 0 Å². The van der Waals surface area contributed by atoms with Crippen molar-refractivity contribution in [1.29, 1.82) is 0 Å². The molecule has 2 N–H and O–H groups in total. The van der Waals surface area contributed by atoms with Gasteiger partial charge in [-0.25, -0.2) is 4.79 Å². The molecular weight excluding hydrogens is 282 g/mol. The molecule has 1 aromatic rings. The van der Waals surface area contributed by atoms with E-state index in [0.29, 0.717) is 30.9 Å². The standard InChI is InChI=1S/C17H23NO4/c1-12-6-8-17(9-7-12,16(20)21)18-15(19)14-5-3-4-13(10-14)11-22-2/h3-5,10,12H,6-9,11H2,1-2H3,(H,18,19)(H,20,21). The first kappa shape index (κ1) is 16.5. The molecule has 0 spiro atoms. The van der Waals surface area contributed by atoms with Crippen molar-refractivity contribution >= 4 is 11.9 Å². The number of methoxy groups -OCH3 is 1. The van der Waals surface area contributed by atoms with E-state index < -0.39 is 11.5 Å². The average molecular weight is 305 g/mol. The van der Waals surface area contributed by atoms with Gasteiger partial charge in [0.05, 0.1) is 6.61 Å². The summed E-state index contributed by atoms with van der Waals surface area (Å²) in [5.74, 6) is -0.773. The molecule has 1 aliphatic carbocycles. The second-order valence-electron chi connectivity index (χ2n) is 6.16. The molecule has 120 valence electrons. The predicted octanol–water partition coefficient (Wildman–Crippen LogP) is 2.60. The van der Waals surface area contributed by atoms with Crippen molar-refractivity contribution in [3.05, 3.63) is 35.4 Å². The first-order chi connectivity index (χ1) is 10.5. The highest BCUT2D eigenvalue weighted by Crippen LogP contribution is 2.32. The molecule has 0 aromatic heterocycles. The molecule has 0 bridgehead atoms. The molecule has 1 aromatic carbocycles. The van der Waals surface area contributed by atoms with Crippen molar-refractivity contribution in [3.63, 3.8) is 0 Å². The molecule has 1 aliphatic rings. The summed E-state index contributed by atoms with van der Waals surface area (Å²) in [4.78, 5) is 24.1. The van der Waals surface area contributed by atoms with E-state index in [1.165, 1.54) is 0 Å². The molecule has 0 radical (unpaired) electrons. The topological polar surface area (TPSA) is 75.6 Å². The lowest BCUT2D eigenvalue weighted by molar-refractivity contribution is -0.146. The minimum absolute atomic E-state index is 0.338. The van der Waals surface area contributed by atoms with Gasteiger partial charge in [-0.15, -0.1) is 0 Å². The number of ether oxygens (including phenoxy) is 1. The van der Waals surface area contributed by atoms with Crippen LogP contribution in [0.25, 0.3) is 0 Å². The summed E-state index contributed by atoms with van der Waals surface area (Å²) in [7, 11) is 1.59. The van der Waals surface area contributed by atoms with Crippen LogP contribution in [0.2, 0.25) is 0 Å². The third-order valence-electron chi connectivity index (χ3n) is 4.39. The number of amides is 1. The lowest BCUT2D eigenvalue weighted by Gasteiger charge is -2.36. The van der Waals surface area contributed by atoms with Crippen LogP contribution >= 0.6 is 0 Å². The van der Waals surface area contributed by atoms with Gasteiger partial charge < -0.3 is 15.2 Å².